The fraction of sp³-hybridized carbons (Fsp3) is 0.625. The zero-order valence-electron chi connectivity index (χ0n) is 12.9. The van der Waals surface area contributed by atoms with Crippen molar-refractivity contribution in [1.29, 1.82) is 0 Å². The lowest BCUT2D eigenvalue weighted by Gasteiger charge is -2.32. The van der Waals surface area contributed by atoms with Crippen LogP contribution in [0.2, 0.25) is 0 Å². The molecule has 0 aromatic heterocycles. The van der Waals surface area contributed by atoms with Gasteiger partial charge in [0.25, 0.3) is 0 Å². The molecule has 0 heterocycles. The van der Waals surface area contributed by atoms with Gasteiger partial charge < -0.3 is 14.9 Å². The van der Waals surface area contributed by atoms with Gasteiger partial charge in [0, 0.05) is 24.8 Å². The first-order valence-electron chi connectivity index (χ1n) is 7.18. The van der Waals surface area contributed by atoms with Gasteiger partial charge in [-0.2, -0.15) is 0 Å². The van der Waals surface area contributed by atoms with Gasteiger partial charge in [0.1, 0.15) is 0 Å². The highest BCUT2D eigenvalue weighted by Crippen LogP contribution is 2.22. The van der Waals surface area contributed by atoms with E-state index >= 15 is 0 Å². The average Bonchev–Trinajstić information content (AvgIpc) is 2.38. The van der Waals surface area contributed by atoms with Crippen molar-refractivity contribution in [2.45, 2.75) is 39.3 Å². The van der Waals surface area contributed by atoms with E-state index in [9.17, 15) is 5.11 Å². The second kappa shape index (κ2) is 7.51. The molecule has 1 aromatic carbocycles. The molecule has 0 fully saturated rings. The van der Waals surface area contributed by atoms with Gasteiger partial charge in [0.15, 0.2) is 0 Å². The Bertz CT molecular complexity index is 362. The Balaban J connectivity index is 2.81. The van der Waals surface area contributed by atoms with Crippen LogP contribution in [0.25, 0.3) is 0 Å². The molecule has 0 aliphatic rings. The Morgan fingerprint density at radius 3 is 2.11 bits per heavy atom. The molecule has 0 bridgehead atoms. The highest BCUT2D eigenvalue weighted by atomic mass is 16.3. The van der Waals surface area contributed by atoms with Crippen LogP contribution in [0, 0.1) is 0 Å². The van der Waals surface area contributed by atoms with Crippen molar-refractivity contribution in [2.24, 2.45) is 0 Å². The number of aliphatic hydroxyl groups excluding tert-OH is 1. The minimum Gasteiger partial charge on any atom is -0.388 e. The van der Waals surface area contributed by atoms with E-state index < -0.39 is 0 Å². The third kappa shape index (κ3) is 4.51. The maximum Gasteiger partial charge on any atom is 0.0787 e. The largest absolute Gasteiger partial charge is 0.388 e. The summed E-state index contributed by atoms with van der Waals surface area (Å²) < 4.78 is 0. The number of nitrogens with zero attached hydrogens (tertiary/aromatic N) is 2. The smallest absolute Gasteiger partial charge is 0.0787 e. The van der Waals surface area contributed by atoms with Crippen LogP contribution in [0.1, 0.15) is 38.9 Å². The lowest BCUT2D eigenvalue weighted by molar-refractivity contribution is 0.173. The first-order chi connectivity index (χ1) is 8.99. The van der Waals surface area contributed by atoms with Gasteiger partial charge in [-0.25, -0.2) is 0 Å². The van der Waals surface area contributed by atoms with Crippen molar-refractivity contribution in [2.75, 3.05) is 32.1 Å². The Morgan fingerprint density at radius 1 is 1.11 bits per heavy atom. The van der Waals surface area contributed by atoms with E-state index in [-0.39, 0.29) is 6.10 Å². The first kappa shape index (κ1) is 16.0. The summed E-state index contributed by atoms with van der Waals surface area (Å²) in [6.45, 7) is 8.45. The predicted molar refractivity (Wildman–Crippen MR) is 82.7 cm³/mol. The van der Waals surface area contributed by atoms with Gasteiger partial charge in [-0.1, -0.05) is 19.1 Å². The normalized spacial score (nSPS) is 14.5. The summed E-state index contributed by atoms with van der Waals surface area (Å²) in [5.74, 6) is 0. The summed E-state index contributed by atoms with van der Waals surface area (Å²) in [6, 6.07) is 8.78. The van der Waals surface area contributed by atoms with Crippen LogP contribution in [0.5, 0.6) is 0 Å². The molecule has 108 valence electrons. The topological polar surface area (TPSA) is 26.7 Å². The molecule has 1 rings (SSSR count). The highest BCUT2D eigenvalue weighted by molar-refractivity contribution is 5.48. The molecular formula is C16H28N2O. The molecule has 1 unspecified atom stereocenters. The molecular weight excluding hydrogens is 236 g/mol. The van der Waals surface area contributed by atoms with Crippen molar-refractivity contribution in [3.8, 4) is 0 Å². The quantitative estimate of drug-likeness (QED) is 0.820. The molecule has 2 atom stereocenters. The number of hydrogen-bond acceptors (Lipinski definition) is 3. The summed E-state index contributed by atoms with van der Waals surface area (Å²) in [4.78, 5) is 4.60. The third-order valence-electron chi connectivity index (χ3n) is 3.50. The summed E-state index contributed by atoms with van der Waals surface area (Å²) in [7, 11) is 4.20. The predicted octanol–water partition coefficient (Wildman–Crippen LogP) is 2.91. The fourth-order valence-electron chi connectivity index (χ4n) is 2.50. The number of anilines is 1. The lowest BCUT2D eigenvalue weighted by Crippen LogP contribution is -2.40. The van der Waals surface area contributed by atoms with Crippen LogP contribution in [0.4, 0.5) is 5.69 Å². The highest BCUT2D eigenvalue weighted by Gasteiger charge is 2.14. The van der Waals surface area contributed by atoms with Crippen molar-refractivity contribution in [1.82, 2.24) is 4.90 Å². The summed E-state index contributed by atoms with van der Waals surface area (Å²) in [5.41, 5.74) is 2.23. The minimum absolute atomic E-state index is 0.344. The van der Waals surface area contributed by atoms with E-state index in [1.165, 1.54) is 5.69 Å². The fourth-order valence-corrected chi connectivity index (χ4v) is 2.50. The Labute approximate surface area is 117 Å². The van der Waals surface area contributed by atoms with Crippen LogP contribution in [-0.4, -0.2) is 43.2 Å². The second-order valence-electron chi connectivity index (χ2n) is 5.41. The van der Waals surface area contributed by atoms with Gasteiger partial charge >= 0.3 is 0 Å². The van der Waals surface area contributed by atoms with E-state index in [4.69, 9.17) is 0 Å². The van der Waals surface area contributed by atoms with Gasteiger partial charge in [0.2, 0.25) is 0 Å². The molecule has 0 amide bonds. The first-order valence-corrected chi connectivity index (χ1v) is 7.18. The Hall–Kier alpha value is -1.06. The lowest BCUT2D eigenvalue weighted by atomic mass is 10.1. The molecule has 19 heavy (non-hydrogen) atoms. The zero-order chi connectivity index (χ0) is 14.4. The van der Waals surface area contributed by atoms with E-state index in [0.717, 1.165) is 25.1 Å². The Morgan fingerprint density at radius 2 is 1.68 bits per heavy atom. The van der Waals surface area contributed by atoms with Crippen molar-refractivity contribution in [3.63, 3.8) is 0 Å². The molecule has 3 nitrogen and oxygen atoms in total. The van der Waals surface area contributed by atoms with Crippen LogP contribution in [0.3, 0.4) is 0 Å². The van der Waals surface area contributed by atoms with Crippen molar-refractivity contribution >= 4 is 5.69 Å². The monoisotopic (exact) mass is 264 g/mol. The third-order valence-corrected chi connectivity index (χ3v) is 3.50. The van der Waals surface area contributed by atoms with E-state index in [1.54, 1.807) is 0 Å². The standard InChI is InChI=1S/C16H28N2O/c1-6-16(19)14-8-10-15(11-9-14)18(7-2)13(3)12-17(4)5/h8-11,13,16,19H,6-7,12H2,1-5H3/t13?,16-/m0/s1. The molecule has 0 aliphatic carbocycles. The maximum atomic E-state index is 9.82. The summed E-state index contributed by atoms with van der Waals surface area (Å²) in [6.07, 6.45) is 0.414. The van der Waals surface area contributed by atoms with Crippen molar-refractivity contribution < 1.29 is 5.11 Å². The molecule has 0 saturated carbocycles. The van der Waals surface area contributed by atoms with Crippen LogP contribution in [0.15, 0.2) is 24.3 Å². The van der Waals surface area contributed by atoms with E-state index in [1.807, 2.05) is 19.1 Å². The van der Waals surface area contributed by atoms with Crippen LogP contribution >= 0.6 is 0 Å². The zero-order valence-corrected chi connectivity index (χ0v) is 12.9. The van der Waals surface area contributed by atoms with Crippen molar-refractivity contribution in [3.05, 3.63) is 29.8 Å². The van der Waals surface area contributed by atoms with E-state index in [0.29, 0.717) is 6.04 Å². The van der Waals surface area contributed by atoms with Crippen LogP contribution < -0.4 is 4.90 Å². The molecule has 0 spiro atoms. The Kier molecular flexibility index (Phi) is 6.32. The minimum atomic E-state index is -0.344. The SMILES string of the molecule is CC[C@H](O)c1ccc(N(CC)C(C)CN(C)C)cc1. The summed E-state index contributed by atoms with van der Waals surface area (Å²) >= 11 is 0. The maximum absolute atomic E-state index is 9.82. The van der Waals surface area contributed by atoms with Gasteiger partial charge in [-0.05, 0) is 52.1 Å². The van der Waals surface area contributed by atoms with Gasteiger partial charge in [0.05, 0.1) is 6.10 Å². The molecule has 1 N–H and O–H groups in total. The molecule has 1 aromatic rings. The van der Waals surface area contributed by atoms with Crippen LogP contribution in [-0.2, 0) is 0 Å². The molecule has 3 heteroatoms. The second-order valence-corrected chi connectivity index (χ2v) is 5.41. The van der Waals surface area contributed by atoms with Gasteiger partial charge in [-0.15, -0.1) is 0 Å². The molecule has 0 aliphatic heterocycles. The molecule has 0 radical (unpaired) electrons. The number of rotatable bonds is 7. The summed E-state index contributed by atoms with van der Waals surface area (Å²) in [5, 5.41) is 9.82. The number of aliphatic hydroxyl groups is 1. The number of hydrogen-bond donors (Lipinski definition) is 1. The van der Waals surface area contributed by atoms with Gasteiger partial charge in [-0.3, -0.25) is 0 Å². The average molecular weight is 264 g/mol. The number of likely N-dealkylation sites (N-methyl/N-ethyl adjacent to an activating group) is 2. The molecule has 0 saturated heterocycles. The number of benzene rings is 1. The van der Waals surface area contributed by atoms with E-state index in [2.05, 4.69) is 49.9 Å².